The Kier molecular flexibility index (Phi) is 12.6. The van der Waals surface area contributed by atoms with E-state index >= 15 is 0 Å². The first-order valence-electron chi connectivity index (χ1n) is 11.9. The van der Waals surface area contributed by atoms with Crippen molar-refractivity contribution in [2.24, 2.45) is 0 Å². The van der Waals surface area contributed by atoms with E-state index in [9.17, 15) is 59.6 Å². The minimum Gasteiger partial charge on any atom is -0.756 e. The number of hydrogen-bond acceptors (Lipinski definition) is 17. The Morgan fingerprint density at radius 3 is 2.52 bits per heavy atom. The summed E-state index contributed by atoms with van der Waals surface area (Å²) in [6, 6.07) is -0.393. The van der Waals surface area contributed by atoms with Gasteiger partial charge in [-0.25, -0.2) is 9.59 Å². The van der Waals surface area contributed by atoms with Gasteiger partial charge in [0.05, 0.1) is 25.4 Å². The van der Waals surface area contributed by atoms with Crippen molar-refractivity contribution in [3.05, 3.63) is 22.7 Å². The van der Waals surface area contributed by atoms with Crippen LogP contribution in [0, 0.1) is 0 Å². The number of aromatic nitrogens is 2. The van der Waals surface area contributed by atoms with Crippen molar-refractivity contribution < 1.29 is 103 Å². The van der Waals surface area contributed by atoms with E-state index in [0.29, 0.717) is 0 Å². The molecular formula is C20H30N4NaO16P. The number of carboxylic acids is 1. The van der Waals surface area contributed by atoms with Crippen LogP contribution in [-0.2, 0) is 32.7 Å². The molecule has 0 aliphatic carbocycles. The number of aliphatic hydroxyl groups is 6. The van der Waals surface area contributed by atoms with Crippen LogP contribution in [0.15, 0.2) is 17.1 Å². The van der Waals surface area contributed by atoms with Crippen LogP contribution in [-0.4, -0.2) is 125 Å². The SMILES string of the molecule is CC(=O)N[C@H]1C([C@H](O)[C@H](O)CO)O[C@](OP(=O)([O-])OC[C@H]2O[C@@H](n3ccc(N)nc3=O)[C@H](O)[C@@H]2O)(C(=O)O)C[C@@H]1O.[Na+]. The minimum absolute atomic E-state index is 0. The molecule has 20 nitrogen and oxygen atoms in total. The number of phosphoric acid groups is 1. The summed E-state index contributed by atoms with van der Waals surface area (Å²) in [6.07, 6.45) is -14.9. The Balaban J connectivity index is 0.00000616. The van der Waals surface area contributed by atoms with E-state index in [1.165, 1.54) is 6.07 Å². The fourth-order valence-electron chi connectivity index (χ4n) is 4.31. The summed E-state index contributed by atoms with van der Waals surface area (Å²) in [7, 11) is -5.77. The zero-order valence-electron chi connectivity index (χ0n) is 22.2. The Labute approximate surface area is 258 Å². The number of rotatable bonds is 11. The number of nitrogens with one attached hydrogen (secondary N) is 1. The van der Waals surface area contributed by atoms with Gasteiger partial charge in [-0.15, -0.1) is 0 Å². The molecule has 42 heavy (non-hydrogen) atoms. The number of hydrogen-bond donors (Lipinski definition) is 9. The van der Waals surface area contributed by atoms with Crippen molar-refractivity contribution in [2.75, 3.05) is 18.9 Å². The molecule has 0 radical (unpaired) electrons. The number of aliphatic carboxylic acids is 1. The molecule has 0 spiro atoms. The van der Waals surface area contributed by atoms with E-state index in [1.54, 1.807) is 0 Å². The average molecular weight is 636 g/mol. The number of amides is 1. The van der Waals surface area contributed by atoms with Gasteiger partial charge in [0.15, 0.2) is 6.23 Å². The number of carboxylic acid groups (broad SMARTS) is 1. The van der Waals surface area contributed by atoms with Gasteiger partial charge in [-0.3, -0.25) is 18.5 Å². The zero-order chi connectivity index (χ0) is 30.9. The first kappa shape index (κ1) is 36.6. The van der Waals surface area contributed by atoms with Crippen LogP contribution >= 0.6 is 7.82 Å². The fraction of sp³-hybridized carbons (Fsp3) is 0.700. The second kappa shape index (κ2) is 14.5. The molecule has 3 rings (SSSR count). The predicted molar refractivity (Wildman–Crippen MR) is 126 cm³/mol. The normalized spacial score (nSPS) is 34.0. The molecule has 22 heteroatoms. The number of nitrogens with zero attached hydrogens (tertiary/aromatic N) is 2. The summed E-state index contributed by atoms with van der Waals surface area (Å²) in [5, 5.41) is 72.5. The van der Waals surface area contributed by atoms with Crippen molar-refractivity contribution in [1.29, 1.82) is 0 Å². The van der Waals surface area contributed by atoms with E-state index in [-0.39, 0.29) is 35.4 Å². The van der Waals surface area contributed by atoms with Gasteiger partial charge in [0.2, 0.25) is 5.91 Å². The van der Waals surface area contributed by atoms with E-state index in [1.807, 2.05) is 0 Å². The van der Waals surface area contributed by atoms with Crippen molar-refractivity contribution >= 4 is 25.5 Å². The van der Waals surface area contributed by atoms with Crippen molar-refractivity contribution in [2.45, 2.75) is 74.1 Å². The maximum Gasteiger partial charge on any atom is 1.00 e. The van der Waals surface area contributed by atoms with Crippen molar-refractivity contribution in [1.82, 2.24) is 14.9 Å². The van der Waals surface area contributed by atoms with Gasteiger partial charge in [-0.1, -0.05) is 0 Å². The monoisotopic (exact) mass is 636 g/mol. The second-order valence-corrected chi connectivity index (χ2v) is 10.6. The standard InChI is InChI=1S/C20H31N4O16P.Na/c1-7(26)22-12-8(27)4-20(18(32)33,39-16(12)13(29)9(28)5-25)40-41(35,36)37-6-10-14(30)15(31)17(38-10)24-3-2-11(21)23-19(24)34;/h2-3,8-10,12-17,25,27-31H,4-6H2,1H3,(H,22,26)(H,32,33)(H,35,36)(H2,21,23,34);/q;+1/p-1/t8-,9+,10+,12+,13+,14+,15+,16?,17+,20+;/m0./s1. The molecule has 0 saturated carbocycles. The number of nitrogen functional groups attached to an aromatic ring is 1. The van der Waals surface area contributed by atoms with E-state index < -0.39 is 106 Å². The van der Waals surface area contributed by atoms with Crippen LogP contribution in [0.5, 0.6) is 0 Å². The third-order valence-corrected chi connectivity index (χ3v) is 7.29. The summed E-state index contributed by atoms with van der Waals surface area (Å²) >= 11 is 0. The molecule has 2 aliphatic heterocycles. The van der Waals surface area contributed by atoms with E-state index in [4.69, 9.17) is 15.2 Å². The summed E-state index contributed by atoms with van der Waals surface area (Å²) in [4.78, 5) is 51.9. The number of aliphatic hydroxyl groups excluding tert-OH is 6. The molecule has 2 aliphatic rings. The van der Waals surface area contributed by atoms with Crippen LogP contribution < -0.4 is 51.2 Å². The van der Waals surface area contributed by atoms with Crippen molar-refractivity contribution in [3.8, 4) is 0 Å². The first-order valence-corrected chi connectivity index (χ1v) is 13.3. The van der Waals surface area contributed by atoms with Gasteiger partial charge in [-0.05, 0) is 6.07 Å². The molecule has 10 N–H and O–H groups in total. The fourth-order valence-corrected chi connectivity index (χ4v) is 5.25. The van der Waals surface area contributed by atoms with E-state index in [2.05, 4.69) is 19.3 Å². The Bertz CT molecular complexity index is 1220. The molecule has 232 valence electrons. The molecule has 2 unspecified atom stereocenters. The third-order valence-electron chi connectivity index (χ3n) is 6.31. The van der Waals surface area contributed by atoms with Gasteiger partial charge in [-0.2, -0.15) is 4.98 Å². The Morgan fingerprint density at radius 1 is 1.33 bits per heavy atom. The smallest absolute Gasteiger partial charge is 0.756 e. The molecule has 0 aromatic carbocycles. The summed E-state index contributed by atoms with van der Waals surface area (Å²) < 4.78 is 33.3. The summed E-state index contributed by atoms with van der Waals surface area (Å²) in [6.45, 7) is -1.13. The number of phosphoric ester groups is 1. The van der Waals surface area contributed by atoms with E-state index in [0.717, 1.165) is 17.7 Å². The van der Waals surface area contributed by atoms with Crippen LogP contribution in [0.1, 0.15) is 19.6 Å². The van der Waals surface area contributed by atoms with Crippen LogP contribution in [0.25, 0.3) is 0 Å². The number of carbonyl (C=O) groups is 2. The molecule has 11 atom stereocenters. The number of nitrogens with two attached hydrogens (primary N) is 1. The molecule has 0 bridgehead atoms. The molecular weight excluding hydrogens is 606 g/mol. The van der Waals surface area contributed by atoms with Gasteiger partial charge < -0.3 is 65.7 Å². The Hall–Kier alpha value is -1.59. The summed E-state index contributed by atoms with van der Waals surface area (Å²) in [5.74, 6) is -6.32. The van der Waals surface area contributed by atoms with Crippen LogP contribution in [0.3, 0.4) is 0 Å². The predicted octanol–water partition coefficient (Wildman–Crippen LogP) is -8.90. The van der Waals surface area contributed by atoms with Crippen molar-refractivity contribution in [3.63, 3.8) is 0 Å². The number of carbonyl (C=O) groups excluding carboxylic acids is 1. The average Bonchev–Trinajstić information content (AvgIpc) is 3.16. The number of ether oxygens (including phenoxy) is 2. The molecule has 1 amide bonds. The zero-order valence-corrected chi connectivity index (χ0v) is 25.1. The van der Waals surface area contributed by atoms with Gasteiger partial charge in [0.25, 0.3) is 13.6 Å². The minimum atomic E-state index is -5.77. The van der Waals surface area contributed by atoms with Crippen LogP contribution in [0.2, 0.25) is 0 Å². The van der Waals surface area contributed by atoms with Gasteiger partial charge >= 0.3 is 41.2 Å². The third kappa shape index (κ3) is 8.11. The molecule has 1 aromatic heterocycles. The largest absolute Gasteiger partial charge is 1.00 e. The topological polar surface area (TPSA) is 326 Å². The Morgan fingerprint density at radius 2 is 1.98 bits per heavy atom. The molecule has 2 fully saturated rings. The number of anilines is 1. The summed E-state index contributed by atoms with van der Waals surface area (Å²) in [5.41, 5.74) is 4.44. The molecule has 2 saturated heterocycles. The van der Waals surface area contributed by atoms with Crippen LogP contribution in [0.4, 0.5) is 5.82 Å². The molecule has 1 aromatic rings. The van der Waals surface area contributed by atoms with Gasteiger partial charge in [0.1, 0.15) is 42.4 Å². The maximum atomic E-state index is 12.7. The molecule has 3 heterocycles. The first-order chi connectivity index (χ1) is 19.0. The van der Waals surface area contributed by atoms with Gasteiger partial charge in [0, 0.05) is 19.5 Å². The maximum absolute atomic E-state index is 12.7. The quantitative estimate of drug-likeness (QED) is 0.0804. The second-order valence-electron chi connectivity index (χ2n) is 9.30.